The number of hydrogen-bond donors (Lipinski definition) is 0. The minimum atomic E-state index is -0.145. The molecule has 5 heteroatoms. The second-order valence-electron chi connectivity index (χ2n) is 11.9. The predicted octanol–water partition coefficient (Wildman–Crippen LogP) is 7.76. The first-order chi connectivity index (χ1) is 17.9. The first-order valence-electron chi connectivity index (χ1n) is 14.5. The summed E-state index contributed by atoms with van der Waals surface area (Å²) in [4.78, 5) is 33.8. The van der Waals surface area contributed by atoms with Gasteiger partial charge >= 0.3 is 5.97 Å². The third-order valence-corrected chi connectivity index (χ3v) is 10.9. The summed E-state index contributed by atoms with van der Waals surface area (Å²) in [6.45, 7) is 6.30. The lowest BCUT2D eigenvalue weighted by molar-refractivity contribution is -0.150. The molecule has 0 amide bonds. The number of carbonyl (C=O) groups excluding carboxylic acids is 2. The number of Topliss-reactive ketones (excluding diaryl/α,β-unsaturated/α-hetero) is 1. The number of ketones is 1. The molecule has 1 aromatic heterocycles. The molecule has 37 heavy (non-hydrogen) atoms. The highest BCUT2D eigenvalue weighted by Gasteiger charge is 2.53. The third kappa shape index (κ3) is 4.51. The molecule has 1 saturated carbocycles. The van der Waals surface area contributed by atoms with Crippen molar-refractivity contribution < 1.29 is 14.3 Å². The van der Waals surface area contributed by atoms with Crippen LogP contribution in [0.15, 0.2) is 35.9 Å². The van der Waals surface area contributed by atoms with Gasteiger partial charge in [-0.25, -0.2) is 4.98 Å². The summed E-state index contributed by atoms with van der Waals surface area (Å²) in [5, 5.41) is 1.08. The van der Waals surface area contributed by atoms with Crippen LogP contribution >= 0.6 is 11.3 Å². The zero-order valence-electron chi connectivity index (χ0n) is 22.4. The molecule has 1 aliphatic heterocycles. The topological polar surface area (TPSA) is 56.3 Å². The Morgan fingerprint density at radius 1 is 1.00 bits per heavy atom. The lowest BCUT2D eigenvalue weighted by Gasteiger charge is -2.37. The van der Waals surface area contributed by atoms with Gasteiger partial charge in [-0.3, -0.25) is 9.59 Å². The van der Waals surface area contributed by atoms with Crippen LogP contribution in [0.2, 0.25) is 0 Å². The molecule has 1 aromatic carbocycles. The van der Waals surface area contributed by atoms with Crippen molar-refractivity contribution in [1.82, 2.24) is 4.98 Å². The van der Waals surface area contributed by atoms with E-state index >= 15 is 0 Å². The van der Waals surface area contributed by atoms with Crippen molar-refractivity contribution in [3.05, 3.63) is 52.0 Å². The van der Waals surface area contributed by atoms with Crippen LogP contribution < -0.4 is 0 Å². The Morgan fingerprint density at radius 3 is 2.57 bits per heavy atom. The van der Waals surface area contributed by atoms with Crippen molar-refractivity contribution in [1.29, 1.82) is 0 Å². The summed E-state index contributed by atoms with van der Waals surface area (Å²) >= 11 is 1.85. The minimum Gasteiger partial charge on any atom is -0.462 e. The number of hydrogen-bond acceptors (Lipinski definition) is 5. The fraction of sp³-hybridized carbons (Fsp3) is 0.594. The predicted molar refractivity (Wildman–Crippen MR) is 148 cm³/mol. The molecular weight excluding hydrogens is 478 g/mol. The molecule has 6 rings (SSSR count). The highest BCUT2D eigenvalue weighted by atomic mass is 32.1. The van der Waals surface area contributed by atoms with Crippen molar-refractivity contribution in [2.45, 2.75) is 96.5 Å². The monoisotopic (exact) mass is 517 g/mol. The summed E-state index contributed by atoms with van der Waals surface area (Å²) in [5.41, 5.74) is 4.47. The molecule has 0 spiro atoms. The zero-order chi connectivity index (χ0) is 25.7. The fourth-order valence-electron chi connectivity index (χ4n) is 7.60. The smallest absolute Gasteiger partial charge is 0.306 e. The number of esters is 1. The number of carbonyl (C=O) groups is 2. The summed E-state index contributed by atoms with van der Waals surface area (Å²) in [6.07, 6.45) is 10.9. The summed E-state index contributed by atoms with van der Waals surface area (Å²) in [6, 6.07) is 8.65. The van der Waals surface area contributed by atoms with Gasteiger partial charge in [-0.15, -0.1) is 11.3 Å². The second-order valence-corrected chi connectivity index (χ2v) is 13.0. The zero-order valence-corrected chi connectivity index (χ0v) is 23.2. The number of ether oxygens (including phenoxy) is 1. The van der Waals surface area contributed by atoms with Crippen molar-refractivity contribution in [3.63, 3.8) is 0 Å². The molecule has 1 saturated heterocycles. The van der Waals surface area contributed by atoms with E-state index in [1.165, 1.54) is 29.7 Å². The second kappa shape index (κ2) is 10.1. The number of cyclic esters (lactones) is 1. The number of benzene rings is 1. The van der Waals surface area contributed by atoms with Crippen LogP contribution in [0.4, 0.5) is 0 Å². The van der Waals surface area contributed by atoms with E-state index in [9.17, 15) is 9.59 Å². The van der Waals surface area contributed by atoms with Crippen LogP contribution in [0, 0.1) is 30.6 Å². The highest BCUT2D eigenvalue weighted by molar-refractivity contribution is 7.15. The van der Waals surface area contributed by atoms with Gasteiger partial charge in [-0.2, -0.15) is 0 Å². The van der Waals surface area contributed by atoms with E-state index in [-0.39, 0.29) is 42.0 Å². The van der Waals surface area contributed by atoms with Crippen molar-refractivity contribution >= 4 is 23.1 Å². The molecular formula is C32H39NO3S. The Kier molecular flexibility index (Phi) is 6.85. The molecule has 2 heterocycles. The van der Waals surface area contributed by atoms with Gasteiger partial charge in [-0.05, 0) is 68.8 Å². The number of nitrogens with zero attached hydrogens (tertiary/aromatic N) is 1. The number of aromatic nitrogens is 1. The maximum Gasteiger partial charge on any atom is 0.306 e. The van der Waals surface area contributed by atoms with Gasteiger partial charge in [0, 0.05) is 28.2 Å². The lowest BCUT2D eigenvalue weighted by Crippen LogP contribution is -2.32. The van der Waals surface area contributed by atoms with Crippen LogP contribution in [0.3, 0.4) is 0 Å². The Morgan fingerprint density at radius 2 is 1.78 bits per heavy atom. The number of thiazole rings is 1. The Hall–Kier alpha value is -2.27. The molecule has 196 valence electrons. The molecule has 0 bridgehead atoms. The van der Waals surface area contributed by atoms with Gasteiger partial charge in [0.15, 0.2) is 5.78 Å². The van der Waals surface area contributed by atoms with Crippen molar-refractivity contribution in [2.24, 2.45) is 23.7 Å². The number of allylic oxidation sites excluding steroid dienone is 2. The quantitative estimate of drug-likeness (QED) is 0.382. The first kappa shape index (κ1) is 25.0. The average molecular weight is 518 g/mol. The lowest BCUT2D eigenvalue weighted by atomic mass is 9.67. The van der Waals surface area contributed by atoms with Crippen molar-refractivity contribution in [3.8, 4) is 10.6 Å². The number of rotatable bonds is 2. The van der Waals surface area contributed by atoms with Gasteiger partial charge in [0.25, 0.3) is 0 Å². The van der Waals surface area contributed by atoms with E-state index in [2.05, 4.69) is 51.1 Å². The van der Waals surface area contributed by atoms with Crippen LogP contribution in [-0.2, 0) is 14.3 Å². The highest BCUT2D eigenvalue weighted by Crippen LogP contribution is 2.62. The molecule has 7 atom stereocenters. The first-order valence-corrected chi connectivity index (χ1v) is 15.3. The van der Waals surface area contributed by atoms with E-state index in [1.54, 1.807) is 0 Å². The molecule has 0 N–H and O–H groups in total. The van der Waals surface area contributed by atoms with E-state index < -0.39 is 0 Å². The summed E-state index contributed by atoms with van der Waals surface area (Å²) in [5.74, 6) is 1.45. The average Bonchev–Trinajstić information content (AvgIpc) is 3.62. The number of aryl methyl sites for hydroxylation is 1. The largest absolute Gasteiger partial charge is 0.462 e. The summed E-state index contributed by atoms with van der Waals surface area (Å²) in [7, 11) is 0. The third-order valence-electron chi connectivity index (χ3n) is 9.60. The maximum atomic E-state index is 13.8. The van der Waals surface area contributed by atoms with Crippen LogP contribution in [0.25, 0.3) is 10.6 Å². The van der Waals surface area contributed by atoms with Gasteiger partial charge in [0.05, 0.1) is 12.1 Å². The summed E-state index contributed by atoms with van der Waals surface area (Å²) < 4.78 is 5.99. The SMILES string of the molecule is CC[C@H]1CCCC[C@@H](C)C(=O)C2=CC3C(c4nc(-c5ccc(C)cc5)sc4C4CCC[C@H]43)[C@@H]2CC(=O)O1. The Balaban J connectivity index is 1.42. The molecule has 2 fully saturated rings. The molecule has 4 nitrogen and oxygen atoms in total. The van der Waals surface area contributed by atoms with E-state index in [0.717, 1.165) is 53.9 Å². The Labute approximate surface area is 224 Å². The van der Waals surface area contributed by atoms with Crippen LogP contribution in [0.1, 0.15) is 99.6 Å². The Bertz CT molecular complexity index is 1210. The van der Waals surface area contributed by atoms with Gasteiger partial charge < -0.3 is 4.74 Å². The molecule has 0 radical (unpaired) electrons. The fourth-order valence-corrected chi connectivity index (χ4v) is 8.94. The van der Waals surface area contributed by atoms with Crippen LogP contribution in [-0.4, -0.2) is 22.8 Å². The molecule has 4 aliphatic rings. The minimum absolute atomic E-state index is 0.00169. The van der Waals surface area contributed by atoms with Gasteiger partial charge in [-0.1, -0.05) is 62.6 Å². The van der Waals surface area contributed by atoms with Gasteiger partial charge in [0.1, 0.15) is 11.1 Å². The number of fused-ring (bicyclic) bond motifs is 8. The molecule has 3 unspecified atom stereocenters. The molecule has 3 aliphatic carbocycles. The maximum absolute atomic E-state index is 13.8. The van der Waals surface area contributed by atoms with Crippen molar-refractivity contribution in [2.75, 3.05) is 0 Å². The van der Waals surface area contributed by atoms with Gasteiger partial charge in [0.2, 0.25) is 0 Å². The normalized spacial score (nSPS) is 33.8. The van der Waals surface area contributed by atoms with E-state index in [1.807, 2.05) is 11.3 Å². The van der Waals surface area contributed by atoms with E-state index in [0.29, 0.717) is 17.8 Å². The van der Waals surface area contributed by atoms with E-state index in [4.69, 9.17) is 9.72 Å². The standard InChI is InChI=1S/C32H39NO3S/c1-4-21-9-6-5-8-19(3)30(35)26-16-24-22-10-7-11-23(22)31-29(28(24)25(26)17-27(34)36-21)33-32(37-31)20-14-12-18(2)13-15-20/h12-16,19,21-25,28H,4-11,17H2,1-3H3/t19-,21+,22-,23?,24?,25-,28?/m1/s1. The molecule has 2 aromatic rings. The van der Waals surface area contributed by atoms with Crippen LogP contribution in [0.5, 0.6) is 0 Å².